The zero-order valence-corrected chi connectivity index (χ0v) is 17.6. The summed E-state index contributed by atoms with van der Waals surface area (Å²) in [4.78, 5) is 25.2. The Balaban J connectivity index is 1.64. The van der Waals surface area contributed by atoms with Crippen LogP contribution in [0.5, 0.6) is 0 Å². The lowest BCUT2D eigenvalue weighted by molar-refractivity contribution is -0.116. The van der Waals surface area contributed by atoms with Crippen molar-refractivity contribution in [3.8, 4) is 0 Å². The summed E-state index contributed by atoms with van der Waals surface area (Å²) >= 11 is 7.37. The maximum atomic E-state index is 12.9. The van der Waals surface area contributed by atoms with Gasteiger partial charge in [-0.25, -0.2) is 0 Å². The first-order chi connectivity index (χ1) is 13.9. The molecular formula is C20H20ClN5O2S. The average Bonchev–Trinajstić information content (AvgIpc) is 3.30. The van der Waals surface area contributed by atoms with Crippen molar-refractivity contribution in [2.75, 3.05) is 5.32 Å². The van der Waals surface area contributed by atoms with Crippen molar-refractivity contribution in [1.82, 2.24) is 19.2 Å². The van der Waals surface area contributed by atoms with Crippen molar-refractivity contribution < 1.29 is 4.79 Å². The van der Waals surface area contributed by atoms with E-state index in [0.717, 1.165) is 5.52 Å². The summed E-state index contributed by atoms with van der Waals surface area (Å²) in [5.74, 6) is 1.32. The number of aromatic nitrogens is 4. The molecule has 0 fully saturated rings. The Labute approximate surface area is 175 Å². The number of carbonyl (C=O) groups excluding carboxylic acids is 1. The van der Waals surface area contributed by atoms with E-state index in [9.17, 15) is 9.59 Å². The predicted molar refractivity (Wildman–Crippen MR) is 116 cm³/mol. The fourth-order valence-corrected chi connectivity index (χ4v) is 4.30. The maximum Gasteiger partial charge on any atom is 0.272 e. The predicted octanol–water partition coefficient (Wildman–Crippen LogP) is 3.99. The van der Waals surface area contributed by atoms with Crippen LogP contribution in [0.4, 0.5) is 5.69 Å². The molecule has 0 saturated carbocycles. The molecule has 1 amide bonds. The van der Waals surface area contributed by atoms with Gasteiger partial charge in [0.2, 0.25) is 11.7 Å². The zero-order chi connectivity index (χ0) is 20.5. The van der Waals surface area contributed by atoms with E-state index in [0.29, 0.717) is 40.0 Å². The van der Waals surface area contributed by atoms with Gasteiger partial charge in [-0.3, -0.25) is 18.6 Å². The molecule has 0 radical (unpaired) electrons. The Kier molecular flexibility index (Phi) is 5.38. The number of nitrogens with one attached hydrogen (secondary N) is 1. The van der Waals surface area contributed by atoms with Crippen LogP contribution in [0.15, 0.2) is 40.5 Å². The lowest BCUT2D eigenvalue weighted by Gasteiger charge is -2.11. The summed E-state index contributed by atoms with van der Waals surface area (Å²) in [6, 6.07) is 8.92. The van der Waals surface area contributed by atoms with Crippen LogP contribution in [0.3, 0.4) is 0 Å². The summed E-state index contributed by atoms with van der Waals surface area (Å²) in [6.45, 7) is 4.67. The van der Waals surface area contributed by atoms with Crippen molar-refractivity contribution in [2.24, 2.45) is 5.92 Å². The third kappa shape index (κ3) is 3.90. The fourth-order valence-electron chi connectivity index (χ4n) is 3.29. The van der Waals surface area contributed by atoms with E-state index in [1.165, 1.54) is 11.3 Å². The largest absolute Gasteiger partial charge is 0.326 e. The van der Waals surface area contributed by atoms with Crippen LogP contribution in [0.2, 0.25) is 5.02 Å². The van der Waals surface area contributed by atoms with Gasteiger partial charge >= 0.3 is 0 Å². The smallest absolute Gasteiger partial charge is 0.272 e. The summed E-state index contributed by atoms with van der Waals surface area (Å²) in [7, 11) is 0. The van der Waals surface area contributed by atoms with Crippen LogP contribution < -0.4 is 10.9 Å². The van der Waals surface area contributed by atoms with E-state index >= 15 is 0 Å². The lowest BCUT2D eigenvalue weighted by Crippen LogP contribution is -2.24. The van der Waals surface area contributed by atoms with Crippen LogP contribution in [0, 0.1) is 5.92 Å². The van der Waals surface area contributed by atoms with Gasteiger partial charge in [-0.15, -0.1) is 21.5 Å². The molecule has 3 aromatic heterocycles. The van der Waals surface area contributed by atoms with Gasteiger partial charge in [-0.05, 0) is 35.6 Å². The highest BCUT2D eigenvalue weighted by atomic mass is 35.5. The Morgan fingerprint density at radius 3 is 2.86 bits per heavy atom. The molecule has 0 unspecified atom stereocenters. The SMILES string of the molecule is CC(C)Cn1c(=O)c2sccc2n2c(CCC(=O)Nc3cccc(Cl)c3)nnc12. The molecule has 4 rings (SSSR count). The van der Waals surface area contributed by atoms with Crippen molar-refractivity contribution in [1.29, 1.82) is 0 Å². The number of anilines is 1. The minimum absolute atomic E-state index is 0.0474. The number of hydrogen-bond donors (Lipinski definition) is 1. The van der Waals surface area contributed by atoms with Gasteiger partial charge in [-0.2, -0.15) is 0 Å². The second-order valence-electron chi connectivity index (χ2n) is 7.25. The van der Waals surface area contributed by atoms with E-state index in [1.807, 2.05) is 15.8 Å². The summed E-state index contributed by atoms with van der Waals surface area (Å²) in [5, 5.41) is 13.8. The van der Waals surface area contributed by atoms with Crippen molar-refractivity contribution >= 4 is 50.5 Å². The summed E-state index contributed by atoms with van der Waals surface area (Å²) in [6.07, 6.45) is 0.640. The number of benzene rings is 1. The van der Waals surface area contributed by atoms with Crippen molar-refractivity contribution in [2.45, 2.75) is 33.2 Å². The molecule has 9 heteroatoms. The number of thiophene rings is 1. The molecule has 0 saturated heterocycles. The van der Waals surface area contributed by atoms with Crippen LogP contribution >= 0.6 is 22.9 Å². The van der Waals surface area contributed by atoms with Crippen molar-refractivity contribution in [3.05, 3.63) is 56.9 Å². The topological polar surface area (TPSA) is 81.3 Å². The van der Waals surface area contributed by atoms with Gasteiger partial charge in [0.1, 0.15) is 10.5 Å². The van der Waals surface area contributed by atoms with Gasteiger partial charge < -0.3 is 5.32 Å². The number of amides is 1. The molecule has 4 aromatic rings. The number of halogens is 1. The average molecular weight is 430 g/mol. The maximum absolute atomic E-state index is 12.9. The third-order valence-electron chi connectivity index (χ3n) is 4.51. The molecule has 150 valence electrons. The normalized spacial score (nSPS) is 11.6. The van der Waals surface area contributed by atoms with Crippen LogP contribution in [0.1, 0.15) is 26.1 Å². The minimum atomic E-state index is -0.138. The van der Waals surface area contributed by atoms with Gasteiger partial charge in [0.15, 0.2) is 0 Å². The van der Waals surface area contributed by atoms with Crippen LogP contribution in [0.25, 0.3) is 16.0 Å². The first-order valence-corrected chi connectivity index (χ1v) is 10.6. The van der Waals surface area contributed by atoms with Crippen LogP contribution in [-0.4, -0.2) is 25.1 Å². The summed E-state index contributed by atoms with van der Waals surface area (Å²) in [5.41, 5.74) is 1.39. The second kappa shape index (κ2) is 7.96. The summed E-state index contributed by atoms with van der Waals surface area (Å²) < 4.78 is 4.23. The van der Waals surface area contributed by atoms with Gasteiger partial charge in [0, 0.05) is 30.1 Å². The molecule has 0 atom stereocenters. The first kappa shape index (κ1) is 19.6. The Hall–Kier alpha value is -2.71. The van der Waals surface area contributed by atoms with Crippen LogP contribution in [-0.2, 0) is 17.8 Å². The number of fused-ring (bicyclic) bond motifs is 3. The van der Waals surface area contributed by atoms with Gasteiger partial charge in [0.25, 0.3) is 5.56 Å². The third-order valence-corrected chi connectivity index (χ3v) is 5.64. The quantitative estimate of drug-likeness (QED) is 0.502. The lowest BCUT2D eigenvalue weighted by atomic mass is 10.2. The van der Waals surface area contributed by atoms with Gasteiger partial charge in [-0.1, -0.05) is 31.5 Å². The Bertz CT molecular complexity index is 1260. The molecule has 3 heterocycles. The molecule has 0 aliphatic heterocycles. The molecular weight excluding hydrogens is 410 g/mol. The highest BCUT2D eigenvalue weighted by Crippen LogP contribution is 2.21. The monoisotopic (exact) mass is 429 g/mol. The fraction of sp³-hybridized carbons (Fsp3) is 0.300. The molecule has 7 nitrogen and oxygen atoms in total. The number of hydrogen-bond acceptors (Lipinski definition) is 5. The molecule has 1 N–H and O–H groups in total. The minimum Gasteiger partial charge on any atom is -0.326 e. The molecule has 0 aliphatic carbocycles. The zero-order valence-electron chi connectivity index (χ0n) is 16.1. The molecule has 29 heavy (non-hydrogen) atoms. The number of aryl methyl sites for hydroxylation is 1. The van der Waals surface area contributed by atoms with E-state index < -0.39 is 0 Å². The van der Waals surface area contributed by atoms with E-state index in [2.05, 4.69) is 29.4 Å². The second-order valence-corrected chi connectivity index (χ2v) is 8.61. The first-order valence-electron chi connectivity index (χ1n) is 9.33. The van der Waals surface area contributed by atoms with Crippen molar-refractivity contribution in [3.63, 3.8) is 0 Å². The highest BCUT2D eigenvalue weighted by Gasteiger charge is 2.18. The number of rotatable bonds is 6. The Morgan fingerprint density at radius 2 is 2.10 bits per heavy atom. The highest BCUT2D eigenvalue weighted by molar-refractivity contribution is 7.17. The van der Waals surface area contributed by atoms with E-state index in [4.69, 9.17) is 11.6 Å². The molecule has 0 spiro atoms. The Morgan fingerprint density at radius 1 is 1.28 bits per heavy atom. The van der Waals surface area contributed by atoms with E-state index in [1.54, 1.807) is 28.8 Å². The molecule has 1 aromatic carbocycles. The molecule has 0 bridgehead atoms. The number of carbonyl (C=O) groups is 1. The van der Waals surface area contributed by atoms with Gasteiger partial charge in [0.05, 0.1) is 5.52 Å². The van der Waals surface area contributed by atoms with E-state index in [-0.39, 0.29) is 23.8 Å². The molecule has 0 aliphatic rings. The standard InChI is InChI=1S/C20H20ClN5O2S/c1-12(2)11-25-19(28)18-15(8-9-29-18)26-16(23-24-20(25)26)6-7-17(27)22-14-5-3-4-13(21)10-14/h3-5,8-10,12H,6-7,11H2,1-2H3,(H,22,27). The number of nitrogens with zero attached hydrogens (tertiary/aromatic N) is 4.